The van der Waals surface area contributed by atoms with Crippen LogP contribution in [0.4, 0.5) is 8.78 Å². The maximum Gasteiger partial charge on any atom is 0.361 e. The van der Waals surface area contributed by atoms with Crippen molar-refractivity contribution < 1.29 is 13.5 Å². The van der Waals surface area contributed by atoms with E-state index in [9.17, 15) is 8.78 Å². The molecule has 0 bridgehead atoms. The van der Waals surface area contributed by atoms with Crippen molar-refractivity contribution in [2.24, 2.45) is 41.4 Å². The third kappa shape index (κ3) is 4.97. The van der Waals surface area contributed by atoms with Crippen LogP contribution in [0.1, 0.15) is 104 Å². The lowest BCUT2D eigenvalue weighted by atomic mass is 9.63. The van der Waals surface area contributed by atoms with Gasteiger partial charge in [0.05, 0.1) is 12.0 Å². The van der Waals surface area contributed by atoms with Crippen LogP contribution in [-0.2, 0) is 4.74 Å². The van der Waals surface area contributed by atoms with Crippen LogP contribution >= 0.6 is 0 Å². The van der Waals surface area contributed by atoms with E-state index in [2.05, 4.69) is 26.0 Å². The highest BCUT2D eigenvalue weighted by Gasteiger charge is 2.62. The molecule has 0 amide bonds. The predicted molar refractivity (Wildman–Crippen MR) is 119 cm³/mol. The van der Waals surface area contributed by atoms with E-state index in [4.69, 9.17) is 4.74 Å². The predicted octanol–water partition coefficient (Wildman–Crippen LogP) is 8.39. The minimum absolute atomic E-state index is 0.166. The fourth-order valence-electron chi connectivity index (χ4n) is 7.65. The van der Waals surface area contributed by atoms with E-state index >= 15 is 0 Å². The highest BCUT2D eigenvalue weighted by atomic mass is 19.3. The van der Waals surface area contributed by atoms with E-state index in [1.807, 2.05) is 0 Å². The van der Waals surface area contributed by atoms with Crippen molar-refractivity contribution in [3.8, 4) is 0 Å². The molecule has 4 rings (SSSR count). The van der Waals surface area contributed by atoms with Crippen LogP contribution in [0.3, 0.4) is 0 Å². The zero-order chi connectivity index (χ0) is 21.1. The molecule has 1 heterocycles. The number of hydrogen-bond donors (Lipinski definition) is 0. The van der Waals surface area contributed by atoms with Crippen molar-refractivity contribution in [1.29, 1.82) is 0 Å². The van der Waals surface area contributed by atoms with Gasteiger partial charge in [-0.3, -0.25) is 0 Å². The van der Waals surface area contributed by atoms with Crippen molar-refractivity contribution in [2.45, 2.75) is 116 Å². The number of alkyl halides is 2. The molecule has 1 saturated heterocycles. The monoisotopic (exact) mass is 422 g/mol. The van der Waals surface area contributed by atoms with Gasteiger partial charge >= 0.3 is 6.11 Å². The zero-order valence-corrected chi connectivity index (χ0v) is 19.3. The standard InChI is InChI=1S/C27H44F2O/c1-3-5-19-7-11-21(12-8-19)22-15-17-23(18-16-22)25-26(30-27(25,28)29)24-13-9-20(6-4-2)10-14-24/h3,5,19-26H,4,6-18H2,1-2H3/t19?,20?,21?,22?,23?,24?,25-,26-/m0/s1. The molecular weight excluding hydrogens is 378 g/mol. The maximum absolute atomic E-state index is 14.5. The second kappa shape index (κ2) is 10.0. The minimum atomic E-state index is -2.87. The van der Waals surface area contributed by atoms with Crippen LogP contribution in [0.5, 0.6) is 0 Å². The summed E-state index contributed by atoms with van der Waals surface area (Å²) in [6.45, 7) is 4.37. The molecule has 0 spiro atoms. The third-order valence-electron chi connectivity index (χ3n) is 9.36. The Hall–Kier alpha value is -0.440. The first-order valence-corrected chi connectivity index (χ1v) is 13.2. The van der Waals surface area contributed by atoms with Crippen molar-refractivity contribution >= 4 is 0 Å². The molecular formula is C27H44F2O. The minimum Gasteiger partial charge on any atom is -0.316 e. The largest absolute Gasteiger partial charge is 0.361 e. The molecule has 3 aliphatic carbocycles. The molecule has 1 aliphatic heterocycles. The average molecular weight is 423 g/mol. The fourth-order valence-corrected chi connectivity index (χ4v) is 7.65. The first-order valence-electron chi connectivity index (χ1n) is 13.2. The van der Waals surface area contributed by atoms with E-state index in [-0.39, 0.29) is 12.0 Å². The Morgan fingerprint density at radius 3 is 1.83 bits per heavy atom. The molecule has 0 aromatic rings. The topological polar surface area (TPSA) is 9.23 Å². The quantitative estimate of drug-likeness (QED) is 0.390. The van der Waals surface area contributed by atoms with Crippen LogP contribution in [0.25, 0.3) is 0 Å². The summed E-state index contributed by atoms with van der Waals surface area (Å²) in [4.78, 5) is 0. The number of halogens is 2. The van der Waals surface area contributed by atoms with Gasteiger partial charge in [-0.2, -0.15) is 8.78 Å². The molecule has 3 saturated carbocycles. The summed E-state index contributed by atoms with van der Waals surface area (Å²) in [5.41, 5.74) is 0. The normalized spacial score (nSPS) is 44.7. The van der Waals surface area contributed by atoms with Gasteiger partial charge in [-0.25, -0.2) is 0 Å². The van der Waals surface area contributed by atoms with E-state index < -0.39 is 12.0 Å². The second-order valence-corrected chi connectivity index (χ2v) is 11.1. The lowest BCUT2D eigenvalue weighted by Gasteiger charge is -2.53. The lowest BCUT2D eigenvalue weighted by molar-refractivity contribution is -0.418. The highest BCUT2D eigenvalue weighted by molar-refractivity contribution is 4.99. The lowest BCUT2D eigenvalue weighted by Crippen LogP contribution is -2.61. The van der Waals surface area contributed by atoms with Gasteiger partial charge in [0.15, 0.2) is 0 Å². The summed E-state index contributed by atoms with van der Waals surface area (Å²) in [7, 11) is 0. The van der Waals surface area contributed by atoms with Gasteiger partial charge in [0.25, 0.3) is 0 Å². The first-order chi connectivity index (χ1) is 14.5. The molecule has 2 atom stereocenters. The smallest absolute Gasteiger partial charge is 0.316 e. The summed E-state index contributed by atoms with van der Waals surface area (Å²) in [5.74, 6) is 3.28. The van der Waals surface area contributed by atoms with Gasteiger partial charge in [0.2, 0.25) is 0 Å². The second-order valence-electron chi connectivity index (χ2n) is 11.1. The number of hydrogen-bond acceptors (Lipinski definition) is 1. The van der Waals surface area contributed by atoms with Crippen molar-refractivity contribution in [2.75, 3.05) is 0 Å². The zero-order valence-electron chi connectivity index (χ0n) is 19.3. The van der Waals surface area contributed by atoms with E-state index in [1.165, 1.54) is 64.2 Å². The Morgan fingerprint density at radius 2 is 1.30 bits per heavy atom. The summed E-state index contributed by atoms with van der Waals surface area (Å²) >= 11 is 0. The number of allylic oxidation sites excluding steroid dienone is 2. The Labute approximate surface area is 183 Å². The third-order valence-corrected chi connectivity index (χ3v) is 9.36. The van der Waals surface area contributed by atoms with Gasteiger partial charge in [0.1, 0.15) is 0 Å². The summed E-state index contributed by atoms with van der Waals surface area (Å²) in [6, 6.07) is 0. The molecule has 1 nitrogen and oxygen atoms in total. The average Bonchev–Trinajstić information content (AvgIpc) is 2.75. The van der Waals surface area contributed by atoms with Crippen LogP contribution in [0.2, 0.25) is 0 Å². The molecule has 0 N–H and O–H groups in total. The van der Waals surface area contributed by atoms with Crippen molar-refractivity contribution in [3.63, 3.8) is 0 Å². The van der Waals surface area contributed by atoms with E-state index in [1.54, 1.807) is 0 Å². The summed E-state index contributed by atoms with van der Waals surface area (Å²) in [6.07, 6.45) is 18.4. The molecule has 0 aromatic heterocycles. The molecule has 0 radical (unpaired) electrons. The van der Waals surface area contributed by atoms with E-state index in [0.29, 0.717) is 5.92 Å². The molecule has 3 heteroatoms. The van der Waals surface area contributed by atoms with E-state index in [0.717, 1.165) is 49.4 Å². The Bertz CT molecular complexity index is 549. The number of rotatable bonds is 6. The first kappa shape index (κ1) is 22.7. The van der Waals surface area contributed by atoms with Crippen LogP contribution in [0.15, 0.2) is 12.2 Å². The van der Waals surface area contributed by atoms with Gasteiger partial charge in [0, 0.05) is 0 Å². The summed E-state index contributed by atoms with van der Waals surface area (Å²) < 4.78 is 34.3. The van der Waals surface area contributed by atoms with Crippen molar-refractivity contribution in [3.05, 3.63) is 12.2 Å². The highest BCUT2D eigenvalue weighted by Crippen LogP contribution is 2.56. The molecule has 172 valence electrons. The Morgan fingerprint density at radius 1 is 0.767 bits per heavy atom. The molecule has 0 unspecified atom stereocenters. The van der Waals surface area contributed by atoms with Crippen molar-refractivity contribution in [1.82, 2.24) is 0 Å². The SMILES string of the molecule is CC=CC1CCC(C2CCC([C@H]3[C@H](C4CCC(CCC)CC4)OC3(F)F)CC2)CC1. The van der Waals surface area contributed by atoms with Crippen LogP contribution < -0.4 is 0 Å². The maximum atomic E-state index is 14.5. The van der Waals surface area contributed by atoms with Crippen LogP contribution in [-0.4, -0.2) is 12.2 Å². The van der Waals surface area contributed by atoms with Gasteiger partial charge in [-0.05, 0) is 107 Å². The fraction of sp³-hybridized carbons (Fsp3) is 0.926. The van der Waals surface area contributed by atoms with Gasteiger partial charge in [-0.1, -0.05) is 44.8 Å². The summed E-state index contributed by atoms with van der Waals surface area (Å²) in [5, 5.41) is 0. The molecule has 4 fully saturated rings. The van der Waals surface area contributed by atoms with Gasteiger partial charge in [-0.15, -0.1) is 0 Å². The van der Waals surface area contributed by atoms with Crippen LogP contribution in [0, 0.1) is 41.4 Å². The number of ether oxygens (including phenoxy) is 1. The Kier molecular flexibility index (Phi) is 7.59. The van der Waals surface area contributed by atoms with Gasteiger partial charge < -0.3 is 4.74 Å². The Balaban J connectivity index is 1.27. The molecule has 30 heavy (non-hydrogen) atoms. The molecule has 0 aromatic carbocycles. The molecule has 4 aliphatic rings.